The summed E-state index contributed by atoms with van der Waals surface area (Å²) in [7, 11) is -0.841. The number of nitrogens with two attached hydrogens (primary N) is 1. The molecule has 0 fully saturated rings. The number of benzene rings is 1. The summed E-state index contributed by atoms with van der Waals surface area (Å²) >= 11 is 1.56. The molecule has 1 atom stereocenters. The van der Waals surface area contributed by atoms with Crippen LogP contribution in [-0.2, 0) is 10.0 Å². The van der Waals surface area contributed by atoms with E-state index in [2.05, 4.69) is 4.72 Å². The highest BCUT2D eigenvalue weighted by atomic mass is 32.2. The molecule has 6 nitrogen and oxygen atoms in total. The molecule has 0 aliphatic rings. The van der Waals surface area contributed by atoms with E-state index in [1.165, 1.54) is 26.4 Å². The van der Waals surface area contributed by atoms with Crippen LogP contribution in [0.5, 0.6) is 11.5 Å². The Morgan fingerprint density at radius 2 is 1.90 bits per heavy atom. The van der Waals surface area contributed by atoms with Crippen LogP contribution >= 0.6 is 11.8 Å². The number of nitrogen functional groups attached to an aromatic ring is 1. The Bertz CT molecular complexity index is 561. The first-order chi connectivity index (χ1) is 9.35. The van der Waals surface area contributed by atoms with Gasteiger partial charge in [-0.2, -0.15) is 11.8 Å². The summed E-state index contributed by atoms with van der Waals surface area (Å²) < 4.78 is 37.5. The van der Waals surface area contributed by atoms with E-state index in [4.69, 9.17) is 15.2 Å². The number of nitrogens with one attached hydrogen (secondary N) is 1. The van der Waals surface area contributed by atoms with Gasteiger partial charge in [-0.15, -0.1) is 0 Å². The molecule has 0 spiro atoms. The highest BCUT2D eigenvalue weighted by Crippen LogP contribution is 2.33. The molecule has 0 saturated carbocycles. The van der Waals surface area contributed by atoms with E-state index in [1.807, 2.05) is 6.26 Å². The minimum atomic E-state index is -3.70. The van der Waals surface area contributed by atoms with Crippen LogP contribution in [0.4, 0.5) is 5.69 Å². The van der Waals surface area contributed by atoms with Gasteiger partial charge < -0.3 is 15.2 Å². The first-order valence-corrected chi connectivity index (χ1v) is 8.76. The third-order valence-electron chi connectivity index (χ3n) is 2.58. The summed E-state index contributed by atoms with van der Waals surface area (Å²) in [5, 5.41) is 0. The molecule has 1 aromatic rings. The second-order valence-electron chi connectivity index (χ2n) is 4.22. The number of ether oxygens (including phenoxy) is 2. The lowest BCUT2D eigenvalue weighted by Gasteiger charge is -2.16. The topological polar surface area (TPSA) is 90.6 Å². The van der Waals surface area contributed by atoms with Crippen LogP contribution in [0.3, 0.4) is 0 Å². The van der Waals surface area contributed by atoms with Crippen molar-refractivity contribution in [3.8, 4) is 11.5 Å². The number of hydrogen-bond acceptors (Lipinski definition) is 6. The maximum atomic E-state index is 12.4. The fraction of sp³-hybridized carbons (Fsp3) is 0.500. The van der Waals surface area contributed by atoms with E-state index < -0.39 is 10.0 Å². The molecule has 0 saturated heterocycles. The summed E-state index contributed by atoms with van der Waals surface area (Å²) in [6.07, 6.45) is 1.91. The van der Waals surface area contributed by atoms with Gasteiger partial charge in [0.05, 0.1) is 19.9 Å². The average Bonchev–Trinajstić information content (AvgIpc) is 2.38. The van der Waals surface area contributed by atoms with E-state index in [-0.39, 0.29) is 22.4 Å². The number of hydrogen-bond donors (Lipinski definition) is 2. The normalized spacial score (nSPS) is 13.0. The Morgan fingerprint density at radius 1 is 1.30 bits per heavy atom. The van der Waals surface area contributed by atoms with Gasteiger partial charge in [-0.3, -0.25) is 0 Å². The molecule has 8 heteroatoms. The minimum Gasteiger partial charge on any atom is -0.495 e. The van der Waals surface area contributed by atoms with Crippen molar-refractivity contribution in [3.63, 3.8) is 0 Å². The van der Waals surface area contributed by atoms with Gasteiger partial charge in [-0.1, -0.05) is 0 Å². The molecule has 114 valence electrons. The maximum Gasteiger partial charge on any atom is 0.244 e. The number of anilines is 1. The van der Waals surface area contributed by atoms with Crippen LogP contribution < -0.4 is 19.9 Å². The summed E-state index contributed by atoms with van der Waals surface area (Å²) in [5.41, 5.74) is 6.01. The molecule has 0 aromatic heterocycles. The maximum absolute atomic E-state index is 12.4. The van der Waals surface area contributed by atoms with Crippen LogP contribution in [0.25, 0.3) is 0 Å². The quantitative estimate of drug-likeness (QED) is 0.736. The monoisotopic (exact) mass is 320 g/mol. The number of methoxy groups -OCH3 is 2. The predicted molar refractivity (Wildman–Crippen MR) is 82.1 cm³/mol. The van der Waals surface area contributed by atoms with Crippen LogP contribution in [0.2, 0.25) is 0 Å². The molecule has 0 radical (unpaired) electrons. The largest absolute Gasteiger partial charge is 0.495 e. The van der Waals surface area contributed by atoms with Gasteiger partial charge >= 0.3 is 0 Å². The second kappa shape index (κ2) is 7.05. The lowest BCUT2D eigenvalue weighted by atomic mass is 10.3. The van der Waals surface area contributed by atoms with Crippen molar-refractivity contribution in [1.29, 1.82) is 0 Å². The Hall–Kier alpha value is -1.12. The number of sulfonamides is 1. The van der Waals surface area contributed by atoms with Crippen molar-refractivity contribution < 1.29 is 17.9 Å². The van der Waals surface area contributed by atoms with Crippen molar-refractivity contribution in [2.24, 2.45) is 0 Å². The fourth-order valence-electron chi connectivity index (χ4n) is 1.72. The molecule has 0 heterocycles. The van der Waals surface area contributed by atoms with Crippen LogP contribution in [0.15, 0.2) is 17.0 Å². The van der Waals surface area contributed by atoms with E-state index in [9.17, 15) is 8.42 Å². The van der Waals surface area contributed by atoms with Gasteiger partial charge in [0.15, 0.2) is 0 Å². The summed E-state index contributed by atoms with van der Waals surface area (Å²) in [5.74, 6) is 1.24. The van der Waals surface area contributed by atoms with Crippen molar-refractivity contribution in [3.05, 3.63) is 12.1 Å². The number of thioether (sulfide) groups is 1. The Balaban J connectivity index is 3.20. The standard InChI is InChI=1S/C12H20N2O4S2/c1-8(7-19-4)14-20(15,16)12-5-9(13)10(17-2)6-11(12)18-3/h5-6,8,14H,7,13H2,1-4H3. The summed E-state index contributed by atoms with van der Waals surface area (Å²) in [6.45, 7) is 1.80. The molecule has 0 aliphatic carbocycles. The SMILES string of the molecule is COc1cc(OC)c(S(=O)(=O)NC(C)CSC)cc1N. The Labute approximate surface area is 124 Å². The van der Waals surface area contributed by atoms with Gasteiger partial charge in [0, 0.05) is 17.9 Å². The molecule has 0 amide bonds. The molecular weight excluding hydrogens is 300 g/mol. The van der Waals surface area contributed by atoms with Crippen LogP contribution in [0, 0.1) is 0 Å². The van der Waals surface area contributed by atoms with Gasteiger partial charge in [-0.05, 0) is 19.2 Å². The first-order valence-electron chi connectivity index (χ1n) is 5.88. The zero-order chi connectivity index (χ0) is 15.3. The lowest BCUT2D eigenvalue weighted by molar-refractivity contribution is 0.387. The lowest BCUT2D eigenvalue weighted by Crippen LogP contribution is -2.34. The third kappa shape index (κ3) is 3.94. The van der Waals surface area contributed by atoms with Crippen LogP contribution in [0.1, 0.15) is 6.92 Å². The number of rotatable bonds is 7. The van der Waals surface area contributed by atoms with Gasteiger partial charge in [-0.25, -0.2) is 13.1 Å². The van der Waals surface area contributed by atoms with Crippen molar-refractivity contribution in [2.75, 3.05) is 32.0 Å². The van der Waals surface area contributed by atoms with Gasteiger partial charge in [0.25, 0.3) is 0 Å². The molecule has 0 aliphatic heterocycles. The highest BCUT2D eigenvalue weighted by Gasteiger charge is 2.23. The molecular formula is C12H20N2O4S2. The van der Waals surface area contributed by atoms with Gasteiger partial charge in [0.2, 0.25) is 10.0 Å². The fourth-order valence-corrected chi connectivity index (χ4v) is 3.83. The van der Waals surface area contributed by atoms with Crippen molar-refractivity contribution in [1.82, 2.24) is 4.72 Å². The minimum absolute atomic E-state index is 0.00579. The second-order valence-corrected chi connectivity index (χ2v) is 6.82. The molecule has 0 bridgehead atoms. The zero-order valence-corrected chi connectivity index (χ0v) is 13.6. The summed E-state index contributed by atoms with van der Waals surface area (Å²) in [6, 6.07) is 2.61. The molecule has 1 rings (SSSR count). The summed E-state index contributed by atoms with van der Waals surface area (Å²) in [4.78, 5) is 0.00579. The van der Waals surface area contributed by atoms with E-state index in [0.717, 1.165) is 0 Å². The smallest absolute Gasteiger partial charge is 0.244 e. The first kappa shape index (κ1) is 16.9. The van der Waals surface area contributed by atoms with Crippen molar-refractivity contribution >= 4 is 27.5 Å². The zero-order valence-electron chi connectivity index (χ0n) is 12.0. The Kier molecular flexibility index (Phi) is 5.97. The predicted octanol–water partition coefficient (Wildman–Crippen LogP) is 1.32. The molecule has 1 unspecified atom stereocenters. The van der Waals surface area contributed by atoms with Crippen LogP contribution in [-0.4, -0.2) is 40.7 Å². The third-order valence-corrected chi connectivity index (χ3v) is 5.02. The van der Waals surface area contributed by atoms with E-state index in [1.54, 1.807) is 18.7 Å². The Morgan fingerprint density at radius 3 is 2.40 bits per heavy atom. The molecule has 20 heavy (non-hydrogen) atoms. The van der Waals surface area contributed by atoms with E-state index in [0.29, 0.717) is 11.5 Å². The highest BCUT2D eigenvalue weighted by molar-refractivity contribution is 7.98. The van der Waals surface area contributed by atoms with Gasteiger partial charge in [0.1, 0.15) is 16.4 Å². The van der Waals surface area contributed by atoms with E-state index >= 15 is 0 Å². The average molecular weight is 320 g/mol. The molecule has 1 aromatic carbocycles. The van der Waals surface area contributed by atoms with Crippen molar-refractivity contribution in [2.45, 2.75) is 17.9 Å². The molecule has 3 N–H and O–H groups in total.